The van der Waals surface area contributed by atoms with Crippen molar-refractivity contribution < 1.29 is 9.18 Å². The van der Waals surface area contributed by atoms with Crippen molar-refractivity contribution in [3.8, 4) is 5.69 Å². The maximum absolute atomic E-state index is 14.3. The highest BCUT2D eigenvalue weighted by molar-refractivity contribution is 5.93. The van der Waals surface area contributed by atoms with Gasteiger partial charge in [0, 0.05) is 18.9 Å². The number of halogens is 1. The highest BCUT2D eigenvalue weighted by atomic mass is 19.1. The molecule has 0 saturated carbocycles. The van der Waals surface area contributed by atoms with Crippen molar-refractivity contribution in [1.29, 1.82) is 0 Å². The van der Waals surface area contributed by atoms with Crippen LogP contribution in [0, 0.1) is 12.7 Å². The molecule has 9 heteroatoms. The highest BCUT2D eigenvalue weighted by Crippen LogP contribution is 2.20. The Bertz CT molecular complexity index is 961. The van der Waals surface area contributed by atoms with E-state index in [0.29, 0.717) is 16.9 Å². The fourth-order valence-electron chi connectivity index (χ4n) is 3.49. The summed E-state index contributed by atoms with van der Waals surface area (Å²) in [5.41, 5.74) is 2.14. The van der Waals surface area contributed by atoms with Crippen LogP contribution in [-0.4, -0.2) is 43.5 Å². The van der Waals surface area contributed by atoms with E-state index in [-0.39, 0.29) is 24.3 Å². The van der Waals surface area contributed by atoms with Crippen molar-refractivity contribution in [2.75, 3.05) is 13.1 Å². The molecule has 1 fully saturated rings. The van der Waals surface area contributed by atoms with E-state index in [4.69, 9.17) is 0 Å². The Morgan fingerprint density at radius 1 is 1.36 bits per heavy atom. The summed E-state index contributed by atoms with van der Waals surface area (Å²) >= 11 is 0. The number of carbonyl (C=O) groups excluding carboxylic acids is 1. The van der Waals surface area contributed by atoms with Gasteiger partial charge in [-0.15, -0.1) is 5.10 Å². The number of piperidine rings is 1. The second kappa shape index (κ2) is 7.89. The molecule has 1 amide bonds. The Morgan fingerprint density at radius 3 is 2.89 bits per heavy atom. The minimum atomic E-state index is -0.377. The second-order valence-corrected chi connectivity index (χ2v) is 6.89. The molecular formula is C19H22FN7O. The van der Waals surface area contributed by atoms with Crippen LogP contribution in [0.1, 0.15) is 40.6 Å². The Morgan fingerprint density at radius 2 is 2.18 bits per heavy atom. The average Bonchev–Trinajstić information content (AvgIpc) is 3.37. The minimum absolute atomic E-state index is 0.208. The fraction of sp³-hybridized carbons (Fsp3) is 0.368. The Labute approximate surface area is 161 Å². The molecule has 146 valence electrons. The van der Waals surface area contributed by atoms with Crippen molar-refractivity contribution in [2.24, 2.45) is 0 Å². The van der Waals surface area contributed by atoms with Gasteiger partial charge in [-0.2, -0.15) is 0 Å². The number of nitrogens with one attached hydrogen (secondary N) is 2. The van der Waals surface area contributed by atoms with E-state index in [1.54, 1.807) is 29.1 Å². The standard InChI is InChI=1S/C19H22FN7O/c1-13-18(24-25-27(13)15-4-6-21-7-5-15)19(28)23-11-14-2-3-17(16(20)10-14)26-9-8-22-12-26/h2-3,8-10,12,15,21H,4-7,11H2,1H3,(H,23,28). The molecule has 2 N–H and O–H groups in total. The monoisotopic (exact) mass is 383 g/mol. The van der Waals surface area contributed by atoms with Crippen LogP contribution in [0.5, 0.6) is 0 Å². The van der Waals surface area contributed by atoms with Gasteiger partial charge in [0.15, 0.2) is 5.69 Å². The van der Waals surface area contributed by atoms with Gasteiger partial charge in [0.25, 0.3) is 5.91 Å². The van der Waals surface area contributed by atoms with Gasteiger partial charge in [-0.3, -0.25) is 4.79 Å². The maximum atomic E-state index is 14.3. The van der Waals surface area contributed by atoms with Crippen LogP contribution in [0.15, 0.2) is 36.9 Å². The third-order valence-corrected chi connectivity index (χ3v) is 5.04. The quantitative estimate of drug-likeness (QED) is 0.701. The molecule has 1 aromatic carbocycles. The second-order valence-electron chi connectivity index (χ2n) is 6.89. The normalized spacial score (nSPS) is 14.9. The third-order valence-electron chi connectivity index (χ3n) is 5.04. The first-order valence-electron chi connectivity index (χ1n) is 9.31. The summed E-state index contributed by atoms with van der Waals surface area (Å²) in [5.74, 6) is -0.686. The molecule has 0 aliphatic carbocycles. The summed E-state index contributed by atoms with van der Waals surface area (Å²) in [7, 11) is 0. The molecule has 2 aromatic heterocycles. The molecule has 3 aromatic rings. The molecule has 28 heavy (non-hydrogen) atoms. The van der Waals surface area contributed by atoms with Gasteiger partial charge < -0.3 is 15.2 Å². The van der Waals surface area contributed by atoms with Crippen molar-refractivity contribution in [3.05, 3.63) is 59.7 Å². The van der Waals surface area contributed by atoms with Crippen LogP contribution in [0.4, 0.5) is 4.39 Å². The van der Waals surface area contributed by atoms with Gasteiger partial charge >= 0.3 is 0 Å². The van der Waals surface area contributed by atoms with Crippen LogP contribution < -0.4 is 10.6 Å². The molecule has 4 rings (SSSR count). The van der Waals surface area contributed by atoms with E-state index in [1.165, 1.54) is 12.4 Å². The van der Waals surface area contributed by atoms with E-state index < -0.39 is 0 Å². The van der Waals surface area contributed by atoms with Crippen molar-refractivity contribution in [2.45, 2.75) is 32.4 Å². The lowest BCUT2D eigenvalue weighted by atomic mass is 10.1. The zero-order chi connectivity index (χ0) is 19.5. The van der Waals surface area contributed by atoms with E-state index in [1.807, 2.05) is 11.6 Å². The van der Waals surface area contributed by atoms with Crippen LogP contribution in [0.3, 0.4) is 0 Å². The zero-order valence-corrected chi connectivity index (χ0v) is 15.6. The van der Waals surface area contributed by atoms with Crippen LogP contribution in [0.25, 0.3) is 5.69 Å². The summed E-state index contributed by atoms with van der Waals surface area (Å²) in [5, 5.41) is 14.4. The molecule has 0 atom stereocenters. The fourth-order valence-corrected chi connectivity index (χ4v) is 3.49. The Balaban J connectivity index is 1.42. The first-order chi connectivity index (χ1) is 13.6. The first kappa shape index (κ1) is 18.3. The largest absolute Gasteiger partial charge is 0.347 e. The van der Waals surface area contributed by atoms with Gasteiger partial charge in [0.05, 0.1) is 23.8 Å². The van der Waals surface area contributed by atoms with Crippen molar-refractivity contribution in [1.82, 2.24) is 35.2 Å². The zero-order valence-electron chi connectivity index (χ0n) is 15.6. The molecule has 8 nitrogen and oxygen atoms in total. The number of hydrogen-bond acceptors (Lipinski definition) is 5. The number of imidazole rings is 1. The molecular weight excluding hydrogens is 361 g/mol. The minimum Gasteiger partial charge on any atom is -0.347 e. The summed E-state index contributed by atoms with van der Waals surface area (Å²) < 4.78 is 17.8. The number of nitrogens with zero attached hydrogens (tertiary/aromatic N) is 5. The Kier molecular flexibility index (Phi) is 5.16. The summed E-state index contributed by atoms with van der Waals surface area (Å²) in [6.45, 7) is 3.94. The molecule has 1 aliphatic rings. The van der Waals surface area contributed by atoms with E-state index in [0.717, 1.165) is 31.6 Å². The van der Waals surface area contributed by atoms with Crippen LogP contribution in [0.2, 0.25) is 0 Å². The molecule has 0 spiro atoms. The summed E-state index contributed by atoms with van der Waals surface area (Å²) in [6.07, 6.45) is 6.73. The maximum Gasteiger partial charge on any atom is 0.274 e. The summed E-state index contributed by atoms with van der Waals surface area (Å²) in [4.78, 5) is 16.4. The number of hydrogen-bond donors (Lipinski definition) is 2. The molecule has 1 aliphatic heterocycles. The summed E-state index contributed by atoms with van der Waals surface area (Å²) in [6, 6.07) is 5.11. The predicted octanol–water partition coefficient (Wildman–Crippen LogP) is 1.77. The van der Waals surface area contributed by atoms with E-state index in [2.05, 4.69) is 25.9 Å². The number of carbonyl (C=O) groups is 1. The highest BCUT2D eigenvalue weighted by Gasteiger charge is 2.22. The molecule has 0 radical (unpaired) electrons. The number of amides is 1. The lowest BCUT2D eigenvalue weighted by molar-refractivity contribution is 0.0945. The van der Waals surface area contributed by atoms with Gasteiger partial charge in [-0.05, 0) is 50.6 Å². The van der Waals surface area contributed by atoms with Gasteiger partial charge in [-0.1, -0.05) is 11.3 Å². The van der Waals surface area contributed by atoms with Gasteiger partial charge in [-0.25, -0.2) is 14.1 Å². The number of aromatic nitrogens is 5. The molecule has 0 bridgehead atoms. The van der Waals surface area contributed by atoms with Crippen molar-refractivity contribution in [3.63, 3.8) is 0 Å². The van der Waals surface area contributed by atoms with E-state index in [9.17, 15) is 9.18 Å². The average molecular weight is 383 g/mol. The van der Waals surface area contributed by atoms with Gasteiger partial charge in [0.2, 0.25) is 0 Å². The number of rotatable bonds is 5. The van der Waals surface area contributed by atoms with Crippen LogP contribution in [-0.2, 0) is 6.54 Å². The first-order valence-corrected chi connectivity index (χ1v) is 9.31. The lowest BCUT2D eigenvalue weighted by Crippen LogP contribution is -2.30. The smallest absolute Gasteiger partial charge is 0.274 e. The van der Waals surface area contributed by atoms with E-state index >= 15 is 0 Å². The predicted molar refractivity (Wildman–Crippen MR) is 101 cm³/mol. The molecule has 0 unspecified atom stereocenters. The molecule has 1 saturated heterocycles. The third kappa shape index (κ3) is 3.65. The number of benzene rings is 1. The van der Waals surface area contributed by atoms with Crippen molar-refractivity contribution >= 4 is 5.91 Å². The SMILES string of the molecule is Cc1c(C(=O)NCc2ccc(-n3ccnc3)c(F)c2)nnn1C1CCNCC1. The van der Waals surface area contributed by atoms with Gasteiger partial charge in [0.1, 0.15) is 5.82 Å². The Hall–Kier alpha value is -3.07. The lowest BCUT2D eigenvalue weighted by Gasteiger charge is -2.23. The topological polar surface area (TPSA) is 89.7 Å². The van der Waals surface area contributed by atoms with Crippen LogP contribution >= 0.6 is 0 Å². The molecule has 3 heterocycles.